The number of hydrogen-bond donors (Lipinski definition) is 2. The zero-order valence-electron chi connectivity index (χ0n) is 8.41. The minimum Gasteiger partial charge on any atom is -0.477 e. The molecule has 7 heteroatoms. The number of aromatic carboxylic acids is 1. The van der Waals surface area contributed by atoms with Crippen molar-refractivity contribution in [2.45, 2.75) is 0 Å². The van der Waals surface area contributed by atoms with E-state index in [2.05, 4.69) is 19.8 Å². The lowest BCUT2D eigenvalue weighted by molar-refractivity contribution is 0.0690. The van der Waals surface area contributed by atoms with Gasteiger partial charge in [0.05, 0.1) is 10.4 Å². The lowest BCUT2D eigenvalue weighted by Gasteiger charge is -1.94. The number of carbonyl (C=O) groups is 1. The molecule has 3 aromatic rings. The second kappa shape index (κ2) is 3.63. The zero-order valence-corrected chi connectivity index (χ0v) is 9.23. The highest BCUT2D eigenvalue weighted by molar-refractivity contribution is 7.12. The van der Waals surface area contributed by atoms with Gasteiger partial charge in [0.1, 0.15) is 11.2 Å². The number of fused-ring (bicyclic) bond motifs is 1. The number of H-pyrrole nitrogens is 1. The molecule has 0 aliphatic rings. The standard InChI is InChI=1S/C10H6N4O2S/c15-10(16)8-4-7(11-12-8)5-1-2-6-9(3-5)17-14-13-6/h1-4H,(H,11,12)(H,15,16). The van der Waals surface area contributed by atoms with E-state index in [1.54, 1.807) is 0 Å². The number of nitrogens with zero attached hydrogens (tertiary/aromatic N) is 3. The molecule has 6 nitrogen and oxygen atoms in total. The third-order valence-corrected chi connectivity index (χ3v) is 3.04. The Hall–Kier alpha value is -2.28. The van der Waals surface area contributed by atoms with Crippen LogP contribution in [0.15, 0.2) is 24.3 Å². The molecule has 3 rings (SSSR count). The first-order valence-electron chi connectivity index (χ1n) is 4.75. The van der Waals surface area contributed by atoms with Crippen LogP contribution in [0.1, 0.15) is 10.5 Å². The van der Waals surface area contributed by atoms with Crippen molar-refractivity contribution >= 4 is 27.7 Å². The van der Waals surface area contributed by atoms with Gasteiger partial charge < -0.3 is 5.11 Å². The maximum Gasteiger partial charge on any atom is 0.353 e. The SMILES string of the molecule is O=C(O)c1cc(-c2ccc3nnsc3c2)n[nH]1. The van der Waals surface area contributed by atoms with Crippen LogP contribution in [0.25, 0.3) is 21.5 Å². The molecule has 0 saturated carbocycles. The molecule has 2 N–H and O–H groups in total. The van der Waals surface area contributed by atoms with Crippen LogP contribution in [0.5, 0.6) is 0 Å². The van der Waals surface area contributed by atoms with Crippen LogP contribution in [-0.2, 0) is 0 Å². The molecule has 0 radical (unpaired) electrons. The van der Waals surface area contributed by atoms with Crippen LogP contribution in [-0.4, -0.2) is 30.9 Å². The highest BCUT2D eigenvalue weighted by atomic mass is 32.1. The number of benzene rings is 1. The molecule has 0 aliphatic heterocycles. The molecule has 84 valence electrons. The highest BCUT2D eigenvalue weighted by Gasteiger charge is 2.10. The fourth-order valence-electron chi connectivity index (χ4n) is 1.52. The van der Waals surface area contributed by atoms with Gasteiger partial charge in [-0.3, -0.25) is 5.10 Å². The van der Waals surface area contributed by atoms with E-state index in [4.69, 9.17) is 5.11 Å². The molecule has 0 spiro atoms. The molecular formula is C10H6N4O2S. The molecule has 0 saturated heterocycles. The van der Waals surface area contributed by atoms with Crippen LogP contribution >= 0.6 is 11.5 Å². The Morgan fingerprint density at radius 2 is 2.24 bits per heavy atom. The summed E-state index contributed by atoms with van der Waals surface area (Å²) in [6.45, 7) is 0. The molecule has 0 unspecified atom stereocenters. The van der Waals surface area contributed by atoms with Gasteiger partial charge in [0.25, 0.3) is 0 Å². The predicted octanol–water partition coefficient (Wildman–Crippen LogP) is 1.78. The topological polar surface area (TPSA) is 91.8 Å². The maximum atomic E-state index is 10.7. The summed E-state index contributed by atoms with van der Waals surface area (Å²) in [4.78, 5) is 10.7. The first kappa shape index (κ1) is 9.91. The molecule has 2 heterocycles. The molecule has 0 atom stereocenters. The average Bonchev–Trinajstić information content (AvgIpc) is 2.97. The molecule has 0 fully saturated rings. The number of rotatable bonds is 2. The summed E-state index contributed by atoms with van der Waals surface area (Å²) in [6.07, 6.45) is 0. The average molecular weight is 246 g/mol. The Labute approximate surface area is 99.1 Å². The van der Waals surface area contributed by atoms with E-state index >= 15 is 0 Å². The molecule has 0 aliphatic carbocycles. The van der Waals surface area contributed by atoms with E-state index in [1.807, 2.05) is 18.2 Å². The van der Waals surface area contributed by atoms with Crippen LogP contribution in [0, 0.1) is 0 Å². The summed E-state index contributed by atoms with van der Waals surface area (Å²) < 4.78 is 4.79. The van der Waals surface area contributed by atoms with Crippen LogP contribution in [0.2, 0.25) is 0 Å². The van der Waals surface area contributed by atoms with Gasteiger partial charge in [0.2, 0.25) is 0 Å². The van der Waals surface area contributed by atoms with E-state index in [1.165, 1.54) is 17.6 Å². The second-order valence-corrected chi connectivity index (χ2v) is 4.21. The Morgan fingerprint density at radius 3 is 3.00 bits per heavy atom. The van der Waals surface area contributed by atoms with Gasteiger partial charge in [-0.2, -0.15) is 5.10 Å². The van der Waals surface area contributed by atoms with Crippen LogP contribution in [0.3, 0.4) is 0 Å². The molecule has 1 aromatic carbocycles. The minimum atomic E-state index is -1.02. The van der Waals surface area contributed by atoms with Crippen molar-refractivity contribution in [3.8, 4) is 11.3 Å². The second-order valence-electron chi connectivity index (χ2n) is 3.43. The van der Waals surface area contributed by atoms with E-state index in [0.717, 1.165) is 15.8 Å². The number of nitrogens with one attached hydrogen (secondary N) is 1. The van der Waals surface area contributed by atoms with Crippen molar-refractivity contribution in [1.29, 1.82) is 0 Å². The summed E-state index contributed by atoms with van der Waals surface area (Å²) in [6, 6.07) is 7.06. The predicted molar refractivity (Wildman–Crippen MR) is 62.0 cm³/mol. The van der Waals surface area contributed by atoms with Crippen LogP contribution < -0.4 is 0 Å². The third kappa shape index (κ3) is 1.66. The number of carboxylic acid groups (broad SMARTS) is 1. The first-order valence-corrected chi connectivity index (χ1v) is 5.52. The lowest BCUT2D eigenvalue weighted by Crippen LogP contribution is -1.95. The molecule has 0 amide bonds. The summed E-state index contributed by atoms with van der Waals surface area (Å²) in [7, 11) is 0. The van der Waals surface area contributed by atoms with Crippen molar-refractivity contribution in [2.75, 3.05) is 0 Å². The van der Waals surface area contributed by atoms with Gasteiger partial charge in [-0.05, 0) is 29.7 Å². The normalized spacial score (nSPS) is 10.8. The van der Waals surface area contributed by atoms with Crippen molar-refractivity contribution < 1.29 is 9.90 Å². The van der Waals surface area contributed by atoms with Gasteiger partial charge in [-0.1, -0.05) is 10.6 Å². The molecule has 2 aromatic heterocycles. The third-order valence-electron chi connectivity index (χ3n) is 2.35. The number of carboxylic acids is 1. The Balaban J connectivity index is 2.09. The zero-order chi connectivity index (χ0) is 11.8. The maximum absolute atomic E-state index is 10.7. The highest BCUT2D eigenvalue weighted by Crippen LogP contribution is 2.24. The number of aromatic amines is 1. The van der Waals surface area contributed by atoms with Gasteiger partial charge in [-0.15, -0.1) is 5.10 Å². The fraction of sp³-hybridized carbons (Fsp3) is 0. The molecule has 17 heavy (non-hydrogen) atoms. The summed E-state index contributed by atoms with van der Waals surface area (Å²) in [5.74, 6) is -1.02. The Bertz CT molecular complexity index is 703. The smallest absolute Gasteiger partial charge is 0.353 e. The van der Waals surface area contributed by atoms with Crippen molar-refractivity contribution in [3.63, 3.8) is 0 Å². The van der Waals surface area contributed by atoms with Gasteiger partial charge in [0, 0.05) is 5.56 Å². The quantitative estimate of drug-likeness (QED) is 0.719. The van der Waals surface area contributed by atoms with Gasteiger partial charge in [0.15, 0.2) is 0 Å². The summed E-state index contributed by atoms with van der Waals surface area (Å²) >= 11 is 1.29. The molecular weight excluding hydrogens is 240 g/mol. The lowest BCUT2D eigenvalue weighted by atomic mass is 10.1. The van der Waals surface area contributed by atoms with Crippen LogP contribution in [0.4, 0.5) is 0 Å². The minimum absolute atomic E-state index is 0.0718. The number of aromatic nitrogens is 4. The van der Waals surface area contributed by atoms with Crippen molar-refractivity contribution in [2.24, 2.45) is 0 Å². The Morgan fingerprint density at radius 1 is 1.35 bits per heavy atom. The molecule has 0 bridgehead atoms. The van der Waals surface area contributed by atoms with E-state index < -0.39 is 5.97 Å². The van der Waals surface area contributed by atoms with Gasteiger partial charge >= 0.3 is 5.97 Å². The van der Waals surface area contributed by atoms with Gasteiger partial charge in [-0.25, -0.2) is 4.79 Å². The first-order chi connectivity index (χ1) is 8.24. The summed E-state index contributed by atoms with van der Waals surface area (Å²) in [5.41, 5.74) is 2.33. The fourth-order valence-corrected chi connectivity index (χ4v) is 2.12. The van der Waals surface area contributed by atoms with E-state index in [9.17, 15) is 4.79 Å². The summed E-state index contributed by atoms with van der Waals surface area (Å²) in [5, 5.41) is 19.2. The van der Waals surface area contributed by atoms with Crippen molar-refractivity contribution in [1.82, 2.24) is 19.8 Å². The Kier molecular flexibility index (Phi) is 2.12. The van der Waals surface area contributed by atoms with Crippen molar-refractivity contribution in [3.05, 3.63) is 30.0 Å². The largest absolute Gasteiger partial charge is 0.477 e. The van der Waals surface area contributed by atoms with E-state index in [0.29, 0.717) is 5.69 Å². The monoisotopic (exact) mass is 246 g/mol. The number of hydrogen-bond acceptors (Lipinski definition) is 5. The van der Waals surface area contributed by atoms with E-state index in [-0.39, 0.29) is 5.69 Å².